The number of urea groups is 1. The average Bonchev–Trinajstić information content (AvgIpc) is 3.13. The third kappa shape index (κ3) is 2.72. The summed E-state index contributed by atoms with van der Waals surface area (Å²) in [6, 6.07) is 7.36. The number of guanidine groups is 1. The van der Waals surface area contributed by atoms with Crippen LogP contribution in [0.4, 0.5) is 10.5 Å². The summed E-state index contributed by atoms with van der Waals surface area (Å²) in [6.45, 7) is 7.54. The van der Waals surface area contributed by atoms with Gasteiger partial charge in [0.25, 0.3) is 5.91 Å². The van der Waals surface area contributed by atoms with Crippen LogP contribution in [-0.2, 0) is 4.79 Å². The lowest BCUT2D eigenvalue weighted by Gasteiger charge is -2.35. The first-order chi connectivity index (χ1) is 12.9. The number of likely N-dealkylation sites (N-methyl/N-ethyl adjacent to an activating group) is 1. The van der Waals surface area contributed by atoms with Crippen molar-refractivity contribution in [2.75, 3.05) is 25.5 Å². The molecule has 0 aromatic heterocycles. The van der Waals surface area contributed by atoms with Crippen molar-refractivity contribution in [3.05, 3.63) is 41.2 Å². The molecule has 0 radical (unpaired) electrons. The van der Waals surface area contributed by atoms with E-state index in [1.807, 2.05) is 18.7 Å². The average molecular weight is 368 g/mol. The number of anilines is 1. The number of amides is 3. The Labute approximate surface area is 158 Å². The number of aryl methyl sites for hydroxylation is 1. The van der Waals surface area contributed by atoms with Crippen molar-refractivity contribution in [3.8, 4) is 0 Å². The molecule has 27 heavy (non-hydrogen) atoms. The zero-order chi connectivity index (χ0) is 19.3. The molecule has 3 aliphatic heterocycles. The van der Waals surface area contributed by atoms with Gasteiger partial charge in [0.1, 0.15) is 0 Å². The van der Waals surface area contributed by atoms with Crippen LogP contribution in [0.25, 0.3) is 0 Å². The highest BCUT2D eigenvalue weighted by atomic mass is 16.2. The molecule has 8 nitrogen and oxygen atoms in total. The van der Waals surface area contributed by atoms with Gasteiger partial charge in [0.05, 0.1) is 0 Å². The maximum absolute atomic E-state index is 12.4. The molecule has 0 bridgehead atoms. The van der Waals surface area contributed by atoms with E-state index in [0.29, 0.717) is 6.54 Å². The molecule has 3 aliphatic rings. The Morgan fingerprint density at radius 3 is 2.52 bits per heavy atom. The summed E-state index contributed by atoms with van der Waals surface area (Å²) < 4.78 is 0. The van der Waals surface area contributed by atoms with Crippen LogP contribution < -0.4 is 10.6 Å². The molecule has 2 N–H and O–H groups in total. The lowest BCUT2D eigenvalue weighted by atomic mass is 10.1. The van der Waals surface area contributed by atoms with Crippen LogP contribution in [0.5, 0.6) is 0 Å². The quantitative estimate of drug-likeness (QED) is 0.842. The van der Waals surface area contributed by atoms with E-state index < -0.39 is 18.2 Å². The first-order valence-electron chi connectivity index (χ1n) is 9.08. The van der Waals surface area contributed by atoms with E-state index in [4.69, 9.17) is 4.99 Å². The van der Waals surface area contributed by atoms with Crippen LogP contribution in [0, 0.1) is 6.92 Å². The first kappa shape index (κ1) is 17.4. The predicted molar refractivity (Wildman–Crippen MR) is 103 cm³/mol. The summed E-state index contributed by atoms with van der Waals surface area (Å²) in [5.74, 6) is 0.441. The van der Waals surface area contributed by atoms with Crippen molar-refractivity contribution in [1.29, 1.82) is 0 Å². The highest BCUT2D eigenvalue weighted by Gasteiger charge is 2.52. The lowest BCUT2D eigenvalue weighted by molar-refractivity contribution is -0.126. The minimum absolute atomic E-state index is 0.298. The van der Waals surface area contributed by atoms with Crippen LogP contribution in [0.2, 0.25) is 0 Å². The highest BCUT2D eigenvalue weighted by molar-refractivity contribution is 6.05. The van der Waals surface area contributed by atoms with Gasteiger partial charge in [0, 0.05) is 37.2 Å². The molecular formula is C19H24N6O2. The number of nitrogens with one attached hydrogen (secondary N) is 2. The number of carbonyl (C=O) groups is 2. The van der Waals surface area contributed by atoms with Gasteiger partial charge in [-0.25, -0.2) is 9.79 Å². The lowest BCUT2D eigenvalue weighted by Crippen LogP contribution is -2.63. The van der Waals surface area contributed by atoms with Gasteiger partial charge in [0.15, 0.2) is 12.2 Å². The molecule has 0 spiro atoms. The summed E-state index contributed by atoms with van der Waals surface area (Å²) in [4.78, 5) is 34.6. The third-order valence-electron chi connectivity index (χ3n) is 5.49. The molecule has 4 rings (SSSR count). The molecule has 0 aliphatic carbocycles. The normalized spacial score (nSPS) is 24.1. The Morgan fingerprint density at radius 2 is 1.81 bits per heavy atom. The van der Waals surface area contributed by atoms with Crippen molar-refractivity contribution in [2.45, 2.75) is 33.0 Å². The number of aliphatic imine (C=N–C) groups is 1. The van der Waals surface area contributed by atoms with Gasteiger partial charge in [-0.15, -0.1) is 0 Å². The second-order valence-electron chi connectivity index (χ2n) is 7.18. The van der Waals surface area contributed by atoms with Crippen LogP contribution in [0.1, 0.15) is 19.4 Å². The van der Waals surface area contributed by atoms with E-state index in [9.17, 15) is 9.59 Å². The molecule has 3 heterocycles. The zero-order valence-electron chi connectivity index (χ0n) is 16.0. The number of fused-ring (bicyclic) bond motifs is 3. The van der Waals surface area contributed by atoms with Crippen molar-refractivity contribution in [2.24, 2.45) is 4.99 Å². The largest absolute Gasteiger partial charge is 0.383 e. The van der Waals surface area contributed by atoms with Gasteiger partial charge in [-0.1, -0.05) is 17.7 Å². The van der Waals surface area contributed by atoms with Crippen molar-refractivity contribution >= 4 is 23.6 Å². The maximum Gasteiger partial charge on any atom is 0.325 e. The maximum atomic E-state index is 12.4. The van der Waals surface area contributed by atoms with E-state index >= 15 is 0 Å². The molecule has 8 heteroatoms. The fourth-order valence-electron chi connectivity index (χ4n) is 3.78. The minimum Gasteiger partial charge on any atom is -0.383 e. The van der Waals surface area contributed by atoms with Crippen molar-refractivity contribution in [3.63, 3.8) is 0 Å². The molecule has 1 aromatic rings. The standard InChI is InChI=1S/C19H24N6O2/c1-11-5-7-14(8-6-11)20-9-10-24-12(2)13(3)25-15-16(21-18(24)25)23(4)19(27)22-17(15)26/h5-8,15-16,20H,9-10H2,1-4H3,(H,22,26,27). The summed E-state index contributed by atoms with van der Waals surface area (Å²) in [5.41, 5.74) is 4.37. The van der Waals surface area contributed by atoms with Crippen molar-refractivity contribution in [1.82, 2.24) is 20.0 Å². The number of imide groups is 1. The SMILES string of the molecule is CC1=C(C)N2C(=NC3C2C(=O)NC(=O)N3C)N1CCNc1ccc(C)cc1. The van der Waals surface area contributed by atoms with E-state index in [1.54, 1.807) is 7.05 Å². The van der Waals surface area contributed by atoms with E-state index in [0.717, 1.165) is 29.6 Å². The van der Waals surface area contributed by atoms with Gasteiger partial charge < -0.3 is 15.1 Å². The Morgan fingerprint density at radius 1 is 1.11 bits per heavy atom. The first-order valence-corrected chi connectivity index (χ1v) is 9.08. The fourth-order valence-corrected chi connectivity index (χ4v) is 3.78. The Balaban J connectivity index is 1.51. The fraction of sp³-hybridized carbons (Fsp3) is 0.421. The summed E-state index contributed by atoms with van der Waals surface area (Å²) >= 11 is 0. The second-order valence-corrected chi connectivity index (χ2v) is 7.18. The molecule has 2 atom stereocenters. The second kappa shape index (κ2) is 6.29. The Kier molecular flexibility index (Phi) is 4.05. The van der Waals surface area contributed by atoms with Crippen molar-refractivity contribution < 1.29 is 9.59 Å². The van der Waals surface area contributed by atoms with Crippen LogP contribution in [0.15, 0.2) is 40.7 Å². The summed E-state index contributed by atoms with van der Waals surface area (Å²) in [6.07, 6.45) is -0.489. The molecule has 0 saturated carbocycles. The van der Waals surface area contributed by atoms with Crippen LogP contribution in [-0.4, -0.2) is 64.9 Å². The molecule has 142 valence electrons. The summed E-state index contributed by atoms with van der Waals surface area (Å²) in [7, 11) is 1.67. The third-order valence-corrected chi connectivity index (χ3v) is 5.49. The highest BCUT2D eigenvalue weighted by Crippen LogP contribution is 2.35. The molecule has 1 aromatic carbocycles. The van der Waals surface area contributed by atoms with E-state index in [2.05, 4.69) is 46.7 Å². The van der Waals surface area contributed by atoms with Gasteiger partial charge in [-0.2, -0.15) is 0 Å². The van der Waals surface area contributed by atoms with Gasteiger partial charge >= 0.3 is 6.03 Å². The number of allylic oxidation sites excluding steroid dienone is 2. The smallest absolute Gasteiger partial charge is 0.325 e. The number of rotatable bonds is 4. The van der Waals surface area contributed by atoms with Gasteiger partial charge in [-0.3, -0.25) is 15.0 Å². The Bertz CT molecular complexity index is 859. The molecule has 1 fully saturated rings. The monoisotopic (exact) mass is 368 g/mol. The summed E-state index contributed by atoms with van der Waals surface area (Å²) in [5, 5.41) is 5.83. The number of nitrogens with zero attached hydrogens (tertiary/aromatic N) is 4. The van der Waals surface area contributed by atoms with E-state index in [1.165, 1.54) is 10.5 Å². The van der Waals surface area contributed by atoms with Crippen LogP contribution >= 0.6 is 0 Å². The van der Waals surface area contributed by atoms with Crippen LogP contribution in [0.3, 0.4) is 0 Å². The van der Waals surface area contributed by atoms with Gasteiger partial charge in [0.2, 0.25) is 5.96 Å². The topological polar surface area (TPSA) is 80.3 Å². The number of hydrogen-bond acceptors (Lipinski definition) is 6. The molecule has 3 amide bonds. The molecule has 1 saturated heterocycles. The number of hydrogen-bond donors (Lipinski definition) is 2. The molecular weight excluding hydrogens is 344 g/mol. The number of carbonyl (C=O) groups excluding carboxylic acids is 2. The Hall–Kier alpha value is -3.03. The van der Waals surface area contributed by atoms with Gasteiger partial charge in [-0.05, 0) is 32.9 Å². The molecule has 2 unspecified atom stereocenters. The number of benzene rings is 1. The van der Waals surface area contributed by atoms with E-state index in [-0.39, 0.29) is 5.91 Å². The predicted octanol–water partition coefficient (Wildman–Crippen LogP) is 1.52. The minimum atomic E-state index is -0.507. The zero-order valence-corrected chi connectivity index (χ0v) is 16.0.